The summed E-state index contributed by atoms with van der Waals surface area (Å²) in [4.78, 5) is 24.4. The first-order valence-corrected chi connectivity index (χ1v) is 6.65. The van der Waals surface area contributed by atoms with E-state index in [4.69, 9.17) is 5.11 Å². The lowest BCUT2D eigenvalue weighted by Gasteiger charge is -2.27. The highest BCUT2D eigenvalue weighted by molar-refractivity contribution is 9.10. The predicted molar refractivity (Wildman–Crippen MR) is 71.5 cm³/mol. The van der Waals surface area contributed by atoms with Crippen LogP contribution in [0.3, 0.4) is 0 Å². The number of hydrogen-bond acceptors (Lipinski definition) is 3. The molecule has 0 bridgehead atoms. The maximum absolute atomic E-state index is 12.2. The number of nitrogens with zero attached hydrogens (tertiary/aromatic N) is 1. The van der Waals surface area contributed by atoms with Crippen LogP contribution in [0.25, 0.3) is 0 Å². The number of carboxylic acids is 1. The second kappa shape index (κ2) is 5.18. The van der Waals surface area contributed by atoms with Crippen LogP contribution in [0.2, 0.25) is 0 Å². The van der Waals surface area contributed by atoms with Crippen LogP contribution in [-0.4, -0.2) is 24.0 Å². The number of rotatable bonds is 4. The lowest BCUT2D eigenvalue weighted by atomic mass is 9.88. The summed E-state index contributed by atoms with van der Waals surface area (Å²) in [5.74, 6) is -1.17. The van der Waals surface area contributed by atoms with Gasteiger partial charge in [-0.3, -0.25) is 9.59 Å². The Morgan fingerprint density at radius 1 is 1.53 bits per heavy atom. The van der Waals surface area contributed by atoms with Crippen LogP contribution < -0.4 is 4.90 Å². The van der Waals surface area contributed by atoms with Gasteiger partial charge in [-0.15, -0.1) is 11.3 Å². The van der Waals surface area contributed by atoms with Gasteiger partial charge in [0.25, 0.3) is 0 Å². The van der Waals surface area contributed by atoms with E-state index in [1.54, 1.807) is 20.9 Å². The highest BCUT2D eigenvalue weighted by Crippen LogP contribution is 2.31. The number of carbonyl (C=O) groups is 2. The molecule has 0 atom stereocenters. The van der Waals surface area contributed by atoms with Crippen molar-refractivity contribution in [1.29, 1.82) is 0 Å². The van der Waals surface area contributed by atoms with E-state index in [0.29, 0.717) is 0 Å². The summed E-state index contributed by atoms with van der Waals surface area (Å²) in [6.45, 7) is 3.28. The zero-order valence-electron chi connectivity index (χ0n) is 9.86. The molecule has 1 heterocycles. The minimum atomic E-state index is -0.968. The molecule has 1 N–H and O–H groups in total. The van der Waals surface area contributed by atoms with Crippen molar-refractivity contribution < 1.29 is 14.7 Å². The largest absolute Gasteiger partial charge is 0.481 e. The van der Waals surface area contributed by atoms with Crippen LogP contribution in [0.5, 0.6) is 0 Å². The molecular weight excluding hydrogens is 306 g/mol. The molecule has 0 saturated carbocycles. The minimum absolute atomic E-state index is 0.178. The molecule has 0 aromatic carbocycles. The van der Waals surface area contributed by atoms with Crippen LogP contribution >= 0.6 is 27.3 Å². The third-order valence-electron chi connectivity index (χ3n) is 2.36. The van der Waals surface area contributed by atoms with Gasteiger partial charge in [0.05, 0.1) is 16.8 Å². The van der Waals surface area contributed by atoms with E-state index in [2.05, 4.69) is 15.9 Å². The topological polar surface area (TPSA) is 57.6 Å². The minimum Gasteiger partial charge on any atom is -0.481 e. The van der Waals surface area contributed by atoms with Gasteiger partial charge in [0.1, 0.15) is 0 Å². The molecular formula is C11H14BrNO3S. The average Bonchev–Trinajstić information content (AvgIpc) is 2.60. The van der Waals surface area contributed by atoms with E-state index >= 15 is 0 Å². The summed E-state index contributed by atoms with van der Waals surface area (Å²) < 4.78 is 0.910. The molecule has 0 fully saturated rings. The first-order chi connectivity index (χ1) is 7.74. The predicted octanol–water partition coefficient (Wildman–Crippen LogP) is 2.97. The van der Waals surface area contributed by atoms with Gasteiger partial charge in [0.2, 0.25) is 5.91 Å². The van der Waals surface area contributed by atoms with Crippen molar-refractivity contribution in [3.8, 4) is 0 Å². The standard InChI is InChI=1S/C11H14BrNO3S/c1-11(2,5-9(14)15)10(16)13(3)8-4-7(12)6-17-8/h4,6H,5H2,1-3H3,(H,14,15). The van der Waals surface area contributed by atoms with Crippen molar-refractivity contribution in [2.24, 2.45) is 5.41 Å². The van der Waals surface area contributed by atoms with Crippen molar-refractivity contribution in [2.45, 2.75) is 20.3 Å². The van der Waals surface area contributed by atoms with Crippen LogP contribution in [0.1, 0.15) is 20.3 Å². The molecule has 1 rings (SSSR count). The Labute approximate surface area is 112 Å². The molecule has 0 unspecified atom stereocenters. The third kappa shape index (κ3) is 3.54. The number of hydrogen-bond donors (Lipinski definition) is 1. The zero-order chi connectivity index (χ0) is 13.2. The van der Waals surface area contributed by atoms with Gasteiger partial charge in [0, 0.05) is 16.9 Å². The van der Waals surface area contributed by atoms with Crippen LogP contribution in [0.4, 0.5) is 5.00 Å². The smallest absolute Gasteiger partial charge is 0.304 e. The van der Waals surface area contributed by atoms with E-state index < -0.39 is 11.4 Å². The molecule has 0 spiro atoms. The number of amides is 1. The summed E-state index contributed by atoms with van der Waals surface area (Å²) in [5.41, 5.74) is -0.906. The van der Waals surface area contributed by atoms with Crippen LogP contribution in [-0.2, 0) is 9.59 Å². The summed E-state index contributed by atoms with van der Waals surface area (Å²) in [7, 11) is 1.66. The molecule has 1 aromatic rings. The van der Waals surface area contributed by atoms with E-state index in [0.717, 1.165) is 9.47 Å². The Bertz CT molecular complexity index is 442. The highest BCUT2D eigenvalue weighted by Gasteiger charge is 2.33. The number of anilines is 1. The monoisotopic (exact) mass is 319 g/mol. The molecule has 0 aliphatic carbocycles. The summed E-state index contributed by atoms with van der Waals surface area (Å²) in [6.07, 6.45) is -0.178. The first-order valence-electron chi connectivity index (χ1n) is 4.98. The lowest BCUT2D eigenvalue weighted by molar-refractivity contribution is -0.143. The Morgan fingerprint density at radius 3 is 2.53 bits per heavy atom. The van der Waals surface area contributed by atoms with Gasteiger partial charge in [-0.1, -0.05) is 13.8 Å². The van der Waals surface area contributed by atoms with Crippen molar-refractivity contribution in [2.75, 3.05) is 11.9 Å². The van der Waals surface area contributed by atoms with Gasteiger partial charge in [-0.25, -0.2) is 0 Å². The molecule has 0 saturated heterocycles. The number of carbonyl (C=O) groups excluding carboxylic acids is 1. The Hall–Kier alpha value is -0.880. The van der Waals surface area contributed by atoms with Crippen LogP contribution in [0.15, 0.2) is 15.9 Å². The maximum atomic E-state index is 12.2. The Morgan fingerprint density at radius 2 is 2.12 bits per heavy atom. The second-order valence-electron chi connectivity index (χ2n) is 4.42. The molecule has 0 aliphatic rings. The van der Waals surface area contributed by atoms with Crippen molar-refractivity contribution in [3.63, 3.8) is 0 Å². The lowest BCUT2D eigenvalue weighted by Crippen LogP contribution is -2.39. The van der Waals surface area contributed by atoms with Crippen molar-refractivity contribution in [3.05, 3.63) is 15.9 Å². The zero-order valence-corrected chi connectivity index (χ0v) is 12.3. The number of aliphatic carboxylic acids is 1. The van der Waals surface area contributed by atoms with E-state index in [-0.39, 0.29) is 12.3 Å². The van der Waals surface area contributed by atoms with Crippen LogP contribution in [0, 0.1) is 5.41 Å². The van der Waals surface area contributed by atoms with E-state index in [1.165, 1.54) is 16.2 Å². The molecule has 1 aromatic heterocycles. The molecule has 0 aliphatic heterocycles. The Kier molecular flexibility index (Phi) is 4.32. The van der Waals surface area contributed by atoms with Gasteiger partial charge in [-0.05, 0) is 22.0 Å². The number of carboxylic acid groups (broad SMARTS) is 1. The normalized spacial score (nSPS) is 11.3. The van der Waals surface area contributed by atoms with Crippen molar-refractivity contribution >= 4 is 44.1 Å². The first kappa shape index (κ1) is 14.2. The van der Waals surface area contributed by atoms with Gasteiger partial charge in [0.15, 0.2) is 0 Å². The molecule has 1 amide bonds. The SMILES string of the molecule is CN(C(=O)C(C)(C)CC(=O)O)c1cc(Br)cs1. The van der Waals surface area contributed by atoms with Crippen molar-refractivity contribution in [1.82, 2.24) is 0 Å². The fourth-order valence-corrected chi connectivity index (χ4v) is 2.87. The van der Waals surface area contributed by atoms with Gasteiger partial charge in [-0.2, -0.15) is 0 Å². The van der Waals surface area contributed by atoms with E-state index in [9.17, 15) is 9.59 Å². The van der Waals surface area contributed by atoms with E-state index in [1.807, 2.05) is 11.4 Å². The maximum Gasteiger partial charge on any atom is 0.304 e. The summed E-state index contributed by atoms with van der Waals surface area (Å²) in [6, 6.07) is 1.83. The third-order valence-corrected chi connectivity index (χ3v) is 4.13. The quantitative estimate of drug-likeness (QED) is 0.928. The summed E-state index contributed by atoms with van der Waals surface area (Å²) >= 11 is 4.75. The van der Waals surface area contributed by atoms with Gasteiger partial charge >= 0.3 is 5.97 Å². The Balaban J connectivity index is 2.86. The molecule has 4 nitrogen and oxygen atoms in total. The average molecular weight is 320 g/mol. The van der Waals surface area contributed by atoms with Gasteiger partial charge < -0.3 is 10.0 Å². The highest BCUT2D eigenvalue weighted by atomic mass is 79.9. The summed E-state index contributed by atoms with van der Waals surface area (Å²) in [5, 5.41) is 11.4. The fourth-order valence-electron chi connectivity index (χ4n) is 1.49. The molecule has 17 heavy (non-hydrogen) atoms. The fraction of sp³-hybridized carbons (Fsp3) is 0.455. The molecule has 94 valence electrons. The molecule has 0 radical (unpaired) electrons. The number of halogens is 1. The number of thiophene rings is 1. The second-order valence-corrected chi connectivity index (χ2v) is 6.23. The molecule has 6 heteroatoms.